The lowest BCUT2D eigenvalue weighted by atomic mass is 9.91. The summed E-state index contributed by atoms with van der Waals surface area (Å²) in [5.41, 5.74) is 0. The number of carbonyl (C=O) groups is 1. The molecule has 2 heterocycles. The van der Waals surface area contributed by atoms with Crippen LogP contribution in [0.2, 0.25) is 0 Å². The number of rotatable bonds is 5. The van der Waals surface area contributed by atoms with Crippen LogP contribution in [0.15, 0.2) is 22.8 Å². The Bertz CT molecular complexity index is 412. The first-order valence-corrected chi connectivity index (χ1v) is 7.70. The van der Waals surface area contributed by atoms with Crippen LogP contribution in [-0.4, -0.2) is 41.9 Å². The van der Waals surface area contributed by atoms with Gasteiger partial charge in [-0.25, -0.2) is 0 Å². The van der Waals surface area contributed by atoms with Crippen LogP contribution in [0.25, 0.3) is 0 Å². The van der Waals surface area contributed by atoms with E-state index in [-0.39, 0.29) is 11.9 Å². The van der Waals surface area contributed by atoms with Gasteiger partial charge in [0.1, 0.15) is 5.76 Å². The van der Waals surface area contributed by atoms with E-state index in [9.17, 15) is 4.79 Å². The number of likely N-dealkylation sites (N-methyl/N-ethyl adjacent to an activating group) is 1. The van der Waals surface area contributed by atoms with Crippen molar-refractivity contribution in [3.05, 3.63) is 24.2 Å². The predicted octanol–water partition coefficient (Wildman–Crippen LogP) is 2.92. The Morgan fingerprint density at radius 2 is 2.20 bits per heavy atom. The second-order valence-corrected chi connectivity index (χ2v) is 5.71. The maximum atomic E-state index is 12.6. The van der Waals surface area contributed by atoms with Crippen LogP contribution >= 0.6 is 0 Å². The van der Waals surface area contributed by atoms with Crippen LogP contribution in [0.1, 0.15) is 45.4 Å². The van der Waals surface area contributed by atoms with Crippen LogP contribution in [0, 0.1) is 5.92 Å². The summed E-state index contributed by atoms with van der Waals surface area (Å²) in [4.78, 5) is 16.8. The average molecular weight is 278 g/mol. The molecule has 2 rings (SSSR count). The molecule has 0 N–H and O–H groups in total. The van der Waals surface area contributed by atoms with E-state index < -0.39 is 0 Å². The molecule has 0 radical (unpaired) electrons. The Morgan fingerprint density at radius 3 is 2.80 bits per heavy atom. The Balaban J connectivity index is 2.09. The van der Waals surface area contributed by atoms with Crippen molar-refractivity contribution in [1.29, 1.82) is 0 Å². The van der Waals surface area contributed by atoms with Crippen LogP contribution in [0.4, 0.5) is 0 Å². The molecule has 1 aromatic rings. The molecule has 1 aliphatic heterocycles. The maximum absolute atomic E-state index is 12.6. The quantitative estimate of drug-likeness (QED) is 0.831. The number of hydrogen-bond acceptors (Lipinski definition) is 3. The van der Waals surface area contributed by atoms with Crippen molar-refractivity contribution in [2.75, 3.05) is 26.2 Å². The third-order valence-corrected chi connectivity index (χ3v) is 4.31. The number of amides is 1. The van der Waals surface area contributed by atoms with Crippen LogP contribution in [0.5, 0.6) is 0 Å². The third-order valence-electron chi connectivity index (χ3n) is 4.31. The lowest BCUT2D eigenvalue weighted by Gasteiger charge is -2.38. The standard InChI is InChI=1S/C16H26N2O2/c1-4-17(5-2)12-16(19)18-9-8-13(3)11-14(18)15-7-6-10-20-15/h6-7,10,13-14H,4-5,8-9,11-12H2,1-3H3/t13-,14+/m0/s1. The van der Waals surface area contributed by atoms with Crippen LogP contribution in [-0.2, 0) is 4.79 Å². The van der Waals surface area contributed by atoms with E-state index in [0.717, 1.165) is 38.2 Å². The van der Waals surface area contributed by atoms with Crippen molar-refractivity contribution >= 4 is 5.91 Å². The van der Waals surface area contributed by atoms with Crippen molar-refractivity contribution in [2.24, 2.45) is 5.92 Å². The van der Waals surface area contributed by atoms with Crippen molar-refractivity contribution in [3.8, 4) is 0 Å². The Labute approximate surface area is 121 Å². The highest BCUT2D eigenvalue weighted by molar-refractivity contribution is 5.78. The Hall–Kier alpha value is -1.29. The molecule has 1 aliphatic rings. The molecule has 0 spiro atoms. The van der Waals surface area contributed by atoms with E-state index in [1.807, 2.05) is 17.0 Å². The molecular formula is C16H26N2O2. The van der Waals surface area contributed by atoms with Gasteiger partial charge in [-0.05, 0) is 44.0 Å². The van der Waals surface area contributed by atoms with Gasteiger partial charge in [0, 0.05) is 6.54 Å². The van der Waals surface area contributed by atoms with Gasteiger partial charge >= 0.3 is 0 Å². The molecule has 0 unspecified atom stereocenters. The Morgan fingerprint density at radius 1 is 1.45 bits per heavy atom. The first-order valence-electron chi connectivity index (χ1n) is 7.70. The molecule has 1 saturated heterocycles. The summed E-state index contributed by atoms with van der Waals surface area (Å²) in [6.45, 7) is 9.63. The summed E-state index contributed by atoms with van der Waals surface area (Å²) in [5, 5.41) is 0. The van der Waals surface area contributed by atoms with E-state index in [2.05, 4.69) is 25.7 Å². The number of hydrogen-bond donors (Lipinski definition) is 0. The molecule has 1 fully saturated rings. The number of furan rings is 1. The molecule has 1 aromatic heterocycles. The smallest absolute Gasteiger partial charge is 0.237 e. The lowest BCUT2D eigenvalue weighted by molar-refractivity contribution is -0.137. The summed E-state index contributed by atoms with van der Waals surface area (Å²) in [6.07, 6.45) is 3.78. The minimum Gasteiger partial charge on any atom is -0.467 e. The second-order valence-electron chi connectivity index (χ2n) is 5.71. The first kappa shape index (κ1) is 15.1. The summed E-state index contributed by atoms with van der Waals surface area (Å²) < 4.78 is 5.55. The third kappa shape index (κ3) is 3.42. The minimum atomic E-state index is 0.108. The zero-order valence-electron chi connectivity index (χ0n) is 12.8. The number of carbonyl (C=O) groups excluding carboxylic acids is 1. The molecule has 1 amide bonds. The van der Waals surface area contributed by atoms with E-state index in [1.165, 1.54) is 0 Å². The van der Waals surface area contributed by atoms with Gasteiger partial charge < -0.3 is 9.32 Å². The van der Waals surface area contributed by atoms with Crippen molar-refractivity contribution < 1.29 is 9.21 Å². The first-order chi connectivity index (χ1) is 9.65. The molecule has 0 bridgehead atoms. The SMILES string of the molecule is CCN(CC)CC(=O)N1CC[C@H](C)C[C@@H]1c1ccco1. The van der Waals surface area contributed by atoms with Crippen LogP contribution in [0.3, 0.4) is 0 Å². The zero-order chi connectivity index (χ0) is 14.5. The van der Waals surface area contributed by atoms with Gasteiger partial charge in [-0.3, -0.25) is 9.69 Å². The predicted molar refractivity (Wildman–Crippen MR) is 79.3 cm³/mol. The Kier molecular flexibility index (Phi) is 5.24. The largest absolute Gasteiger partial charge is 0.467 e. The number of piperidine rings is 1. The molecule has 4 nitrogen and oxygen atoms in total. The van der Waals surface area contributed by atoms with Gasteiger partial charge in [0.2, 0.25) is 5.91 Å². The van der Waals surface area contributed by atoms with E-state index >= 15 is 0 Å². The lowest BCUT2D eigenvalue weighted by Crippen LogP contribution is -2.45. The molecule has 0 saturated carbocycles. The molecule has 2 atom stereocenters. The monoisotopic (exact) mass is 278 g/mol. The summed E-state index contributed by atoms with van der Waals surface area (Å²) in [5.74, 6) is 1.79. The summed E-state index contributed by atoms with van der Waals surface area (Å²) >= 11 is 0. The van der Waals surface area contributed by atoms with E-state index in [4.69, 9.17) is 4.42 Å². The van der Waals surface area contributed by atoms with Gasteiger partial charge in [-0.15, -0.1) is 0 Å². The highest BCUT2D eigenvalue weighted by atomic mass is 16.3. The second kappa shape index (κ2) is 6.93. The highest BCUT2D eigenvalue weighted by Crippen LogP contribution is 2.34. The van der Waals surface area contributed by atoms with Gasteiger partial charge in [-0.1, -0.05) is 20.8 Å². The molecule has 112 valence electrons. The van der Waals surface area contributed by atoms with Gasteiger partial charge in [-0.2, -0.15) is 0 Å². The van der Waals surface area contributed by atoms with Crippen molar-refractivity contribution in [1.82, 2.24) is 9.80 Å². The number of nitrogens with zero attached hydrogens (tertiary/aromatic N) is 2. The van der Waals surface area contributed by atoms with Gasteiger partial charge in [0.15, 0.2) is 0 Å². The fourth-order valence-corrected chi connectivity index (χ4v) is 2.92. The molecular weight excluding hydrogens is 252 g/mol. The highest BCUT2D eigenvalue weighted by Gasteiger charge is 2.32. The maximum Gasteiger partial charge on any atom is 0.237 e. The van der Waals surface area contributed by atoms with Gasteiger partial charge in [0.25, 0.3) is 0 Å². The molecule has 0 aromatic carbocycles. The molecule has 0 aliphatic carbocycles. The van der Waals surface area contributed by atoms with Crippen molar-refractivity contribution in [3.63, 3.8) is 0 Å². The van der Waals surface area contributed by atoms with E-state index in [0.29, 0.717) is 12.5 Å². The van der Waals surface area contributed by atoms with Gasteiger partial charge in [0.05, 0.1) is 18.8 Å². The summed E-state index contributed by atoms with van der Waals surface area (Å²) in [6, 6.07) is 4.00. The fraction of sp³-hybridized carbons (Fsp3) is 0.688. The molecule has 4 heteroatoms. The fourth-order valence-electron chi connectivity index (χ4n) is 2.92. The number of likely N-dealkylation sites (tertiary alicyclic amines) is 1. The summed E-state index contributed by atoms with van der Waals surface area (Å²) in [7, 11) is 0. The minimum absolute atomic E-state index is 0.108. The van der Waals surface area contributed by atoms with Crippen molar-refractivity contribution in [2.45, 2.75) is 39.7 Å². The van der Waals surface area contributed by atoms with Crippen LogP contribution < -0.4 is 0 Å². The molecule has 20 heavy (non-hydrogen) atoms. The topological polar surface area (TPSA) is 36.7 Å². The average Bonchev–Trinajstić information content (AvgIpc) is 2.98. The zero-order valence-corrected chi connectivity index (χ0v) is 12.8. The normalized spacial score (nSPS) is 23.3. The van der Waals surface area contributed by atoms with E-state index in [1.54, 1.807) is 6.26 Å².